The Labute approximate surface area is 470 Å². The van der Waals surface area contributed by atoms with Gasteiger partial charge in [0, 0.05) is 100 Å². The summed E-state index contributed by atoms with van der Waals surface area (Å²) in [5, 5.41) is 37.1. The number of rotatable bonds is 18. The first kappa shape index (κ1) is 53.8. The van der Waals surface area contributed by atoms with E-state index in [1.165, 1.54) is 4.90 Å². The number of aromatic nitrogens is 5. The van der Waals surface area contributed by atoms with Gasteiger partial charge < -0.3 is 59.6 Å². The zero-order valence-corrected chi connectivity index (χ0v) is 46.8. The largest absolute Gasteiger partial charge is 0.507 e. The highest BCUT2D eigenvalue weighted by molar-refractivity contribution is 7.13. The van der Waals surface area contributed by atoms with Crippen molar-refractivity contribution in [1.29, 1.82) is 0 Å². The van der Waals surface area contributed by atoms with E-state index in [9.17, 15) is 19.8 Å². The molecule has 6 atom stereocenters. The number of aliphatic hydroxyl groups is 1. The molecule has 2 unspecified atom stereocenters. The van der Waals surface area contributed by atoms with Crippen LogP contribution in [0.3, 0.4) is 0 Å². The number of likely N-dealkylation sites (tertiary alicyclic amines) is 2. The number of benzene rings is 2. The number of para-hydroxylation sites is 1. The van der Waals surface area contributed by atoms with E-state index in [1.54, 1.807) is 29.5 Å². The first-order valence-corrected chi connectivity index (χ1v) is 29.5. The fraction of sp³-hybridized carbons (Fsp3) is 0.517. The molecule has 2 aliphatic carbocycles. The van der Waals surface area contributed by atoms with E-state index in [1.807, 2.05) is 81.9 Å². The predicted octanol–water partition coefficient (Wildman–Crippen LogP) is 7.93. The number of amides is 2. The maximum Gasteiger partial charge on any atom is 0.254 e. The van der Waals surface area contributed by atoms with Crippen molar-refractivity contribution >= 4 is 40.3 Å². The number of nitrogen functional groups attached to an aromatic ring is 1. The Bertz CT molecular complexity index is 3120. The van der Waals surface area contributed by atoms with Crippen LogP contribution in [0, 0.1) is 18.8 Å². The number of nitrogens with two attached hydrogens (primary N) is 1. The Morgan fingerprint density at radius 3 is 2.30 bits per heavy atom. The molecule has 0 radical (unpaired) electrons. The molecule has 12 rings (SSSR count). The van der Waals surface area contributed by atoms with E-state index >= 15 is 0 Å². The van der Waals surface area contributed by atoms with E-state index in [0.717, 1.165) is 117 Å². The molecule has 8 heterocycles. The number of fused-ring (bicyclic) bond motifs is 2. The number of carbonyl (C=O) groups excluding carboxylic acids is 2. The highest BCUT2D eigenvalue weighted by Gasteiger charge is 2.45. The van der Waals surface area contributed by atoms with Gasteiger partial charge in [-0.25, -0.2) is 9.97 Å². The number of piperidine rings is 1. The summed E-state index contributed by atoms with van der Waals surface area (Å²) in [4.78, 5) is 47.0. The second-order valence-electron chi connectivity index (χ2n) is 23.4. The number of nitrogens with zero attached hydrogens (tertiary/aromatic N) is 9. The first-order valence-electron chi connectivity index (χ1n) is 28.6. The summed E-state index contributed by atoms with van der Waals surface area (Å²) in [6, 6.07) is 22.5. The van der Waals surface area contributed by atoms with Gasteiger partial charge in [-0.3, -0.25) is 9.59 Å². The van der Waals surface area contributed by atoms with Crippen LogP contribution < -0.4 is 30.3 Å². The SMILES string of the molecule is Cc1ncsc1-c1ccc([C@H](C)NC(=O)[C@@H]2C[C@@H](O)CN2C(=O)[C@H](c2cc(OC3CC(CN4CCC(OC5CC(Oc6cc(N7C8CCC7CN(c7cc(-c9ccccc9O)nnc7N)C8)ccn6)C5)CC4)C3)no2)C(C)C)cc1. The van der Waals surface area contributed by atoms with Gasteiger partial charge in [-0.2, -0.15) is 0 Å². The lowest BCUT2D eigenvalue weighted by Gasteiger charge is -2.43. The molecule has 6 aromatic rings. The number of nitrogens with one attached hydrogen (secondary N) is 1. The molecule has 2 saturated carbocycles. The van der Waals surface area contributed by atoms with Gasteiger partial charge in [0.15, 0.2) is 11.6 Å². The number of piperazine rings is 1. The number of carbonyl (C=O) groups is 2. The van der Waals surface area contributed by atoms with Crippen LogP contribution in [0.4, 0.5) is 17.2 Å². The van der Waals surface area contributed by atoms with Gasteiger partial charge in [0.2, 0.25) is 17.7 Å². The van der Waals surface area contributed by atoms with E-state index in [0.29, 0.717) is 52.6 Å². The van der Waals surface area contributed by atoms with Crippen molar-refractivity contribution in [2.45, 2.75) is 146 Å². The number of thiazole rings is 1. The number of anilines is 3. The van der Waals surface area contributed by atoms with Crippen LogP contribution in [0.15, 0.2) is 89.0 Å². The van der Waals surface area contributed by atoms with E-state index in [-0.39, 0.29) is 66.9 Å². The Morgan fingerprint density at radius 2 is 1.57 bits per heavy atom. The molecule has 20 heteroatoms. The Morgan fingerprint density at radius 1 is 0.838 bits per heavy atom. The lowest BCUT2D eigenvalue weighted by molar-refractivity contribution is -0.141. The predicted molar refractivity (Wildman–Crippen MR) is 303 cm³/mol. The summed E-state index contributed by atoms with van der Waals surface area (Å²) < 4.78 is 25.1. The third kappa shape index (κ3) is 11.4. The lowest BCUT2D eigenvalue weighted by Crippen LogP contribution is -2.54. The second-order valence-corrected chi connectivity index (χ2v) is 24.3. The van der Waals surface area contributed by atoms with Crippen LogP contribution >= 0.6 is 11.3 Å². The standard InChI is InChI=1S/C60H73N11O8S/c1-34(2)56(60(75)70-32-43(72)24-51(70)59(74)64-35(3)38-9-11-39(12-10-38)57-36(4)63-33-80-57)53-28-55(67-79-53)78-45-21-37(22-45)29-68-19-16-44(17-20-68)76-46-25-47(26-46)77-54-23-40(15-18-62-54)71-41-13-14-42(71)31-69(30-41)50-27-49(65-66-58(50)61)48-7-5-6-8-52(48)73/h5-12,15,18,23,27-28,33-35,37,41-47,51,56,72-73H,13-14,16-17,19-22,24-26,29-32H2,1-4H3,(H2,61,66)(H,64,74)/t35-,37?,41?,42?,43+,45?,46?,47?,51-,56-/m0/s1. The average Bonchev–Trinajstić information content (AvgIpc) is 4.27. The second kappa shape index (κ2) is 22.9. The summed E-state index contributed by atoms with van der Waals surface area (Å²) in [6.07, 6.45) is 9.47. The number of aryl methyl sites for hydroxylation is 1. The van der Waals surface area contributed by atoms with E-state index < -0.39 is 18.1 Å². The molecule has 4 aliphatic heterocycles. The Kier molecular flexibility index (Phi) is 15.4. The first-order chi connectivity index (χ1) is 38.8. The number of phenolic OH excluding ortho intramolecular Hbond substituents is 1. The number of aliphatic hydroxyl groups excluding tert-OH is 1. The topological polar surface area (TPSA) is 231 Å². The molecule has 2 amide bonds. The van der Waals surface area contributed by atoms with Crippen molar-refractivity contribution in [3.63, 3.8) is 0 Å². The molecule has 4 saturated heterocycles. The van der Waals surface area contributed by atoms with E-state index in [2.05, 4.69) is 57.5 Å². The third-order valence-corrected chi connectivity index (χ3v) is 18.4. The molecule has 6 aliphatic rings. The molecular weight excluding hydrogens is 1030 g/mol. The van der Waals surface area contributed by atoms with Crippen molar-refractivity contribution in [3.8, 4) is 39.2 Å². The molecular formula is C60H73N11O8S. The van der Waals surface area contributed by atoms with Crippen LogP contribution in [0.2, 0.25) is 0 Å². The van der Waals surface area contributed by atoms with Gasteiger partial charge in [0.25, 0.3) is 5.88 Å². The molecule has 2 aromatic carbocycles. The molecule has 6 fully saturated rings. The minimum absolute atomic E-state index is 0.0187. The van der Waals surface area contributed by atoms with Gasteiger partial charge >= 0.3 is 0 Å². The smallest absolute Gasteiger partial charge is 0.254 e. The van der Waals surface area contributed by atoms with Crippen molar-refractivity contribution in [3.05, 3.63) is 102 Å². The van der Waals surface area contributed by atoms with Gasteiger partial charge in [-0.1, -0.05) is 50.2 Å². The van der Waals surface area contributed by atoms with Crippen molar-refractivity contribution < 1.29 is 38.5 Å². The summed E-state index contributed by atoms with van der Waals surface area (Å²) in [7, 11) is 0. The highest BCUT2D eigenvalue weighted by Crippen LogP contribution is 2.42. The Balaban J connectivity index is 0.555. The molecule has 4 aromatic heterocycles. The van der Waals surface area contributed by atoms with Gasteiger partial charge in [0.1, 0.15) is 29.9 Å². The molecule has 2 bridgehead atoms. The number of pyridine rings is 1. The minimum atomic E-state index is -0.820. The molecule has 0 spiro atoms. The lowest BCUT2D eigenvalue weighted by atomic mass is 9.81. The highest BCUT2D eigenvalue weighted by atomic mass is 32.1. The van der Waals surface area contributed by atoms with Crippen LogP contribution in [0.5, 0.6) is 17.5 Å². The maximum atomic E-state index is 14.3. The number of ether oxygens (including phenoxy) is 3. The number of aromatic hydroxyl groups is 1. The molecule has 5 N–H and O–H groups in total. The number of hydrogen-bond donors (Lipinski definition) is 4. The number of hydrogen-bond acceptors (Lipinski definition) is 18. The fourth-order valence-electron chi connectivity index (χ4n) is 13.1. The van der Waals surface area contributed by atoms with Crippen LogP contribution in [-0.2, 0) is 14.3 Å². The van der Waals surface area contributed by atoms with Crippen LogP contribution in [0.25, 0.3) is 21.7 Å². The van der Waals surface area contributed by atoms with Crippen LogP contribution in [-0.4, -0.2) is 145 Å². The summed E-state index contributed by atoms with van der Waals surface area (Å²) >= 11 is 1.59. The van der Waals surface area contributed by atoms with E-state index in [4.69, 9.17) is 24.5 Å². The van der Waals surface area contributed by atoms with Gasteiger partial charge in [0.05, 0.1) is 51.8 Å². The fourth-order valence-corrected chi connectivity index (χ4v) is 13.9. The number of β-amino-alcohol motifs (C(OH)–C–C–N with tert-alkyl or cyclic N) is 1. The summed E-state index contributed by atoms with van der Waals surface area (Å²) in [5.41, 5.74) is 14.4. The van der Waals surface area contributed by atoms with Gasteiger partial charge in [-0.15, -0.1) is 21.5 Å². The maximum absolute atomic E-state index is 14.3. The summed E-state index contributed by atoms with van der Waals surface area (Å²) in [5.74, 6) is 1.03. The summed E-state index contributed by atoms with van der Waals surface area (Å²) in [6.45, 7) is 12.5. The zero-order chi connectivity index (χ0) is 55.2. The molecule has 19 nitrogen and oxygen atoms in total. The molecule has 80 heavy (non-hydrogen) atoms. The zero-order valence-electron chi connectivity index (χ0n) is 46.0. The molecule has 422 valence electrons. The van der Waals surface area contributed by atoms with Gasteiger partial charge in [-0.05, 0) is 105 Å². The quantitative estimate of drug-likeness (QED) is 0.0640. The normalized spacial score (nSPS) is 25.8. The Hall–Kier alpha value is -6.87. The minimum Gasteiger partial charge on any atom is -0.507 e. The van der Waals surface area contributed by atoms with Crippen molar-refractivity contribution in [2.75, 3.05) is 54.8 Å². The third-order valence-electron chi connectivity index (χ3n) is 17.5. The average molecular weight is 1110 g/mol. The van der Waals surface area contributed by atoms with Crippen molar-refractivity contribution in [1.82, 2.24) is 40.4 Å². The van der Waals surface area contributed by atoms with Crippen LogP contribution in [0.1, 0.15) is 108 Å². The monoisotopic (exact) mass is 1110 g/mol. The van der Waals surface area contributed by atoms with Crippen molar-refractivity contribution in [2.24, 2.45) is 11.8 Å². The number of phenols is 1.